The lowest BCUT2D eigenvalue weighted by molar-refractivity contribution is -0.116. The molecule has 1 nitrogen and oxygen atoms in total. The summed E-state index contributed by atoms with van der Waals surface area (Å²) in [4.78, 5) is 10.0. The largest absolute Gasteiger partial charge is 0.309 e. The van der Waals surface area contributed by atoms with E-state index < -0.39 is 17.7 Å². The Hall–Kier alpha value is -0.800. The zero-order chi connectivity index (χ0) is 7.44. The van der Waals surface area contributed by atoms with Gasteiger partial charge < -0.3 is 0 Å². The number of Topliss-reactive ketones (excluding diaryl/α,β-unsaturated/α-hetero) is 1. The van der Waals surface area contributed by atoms with E-state index in [0.717, 1.165) is 0 Å². The summed E-state index contributed by atoms with van der Waals surface area (Å²) in [6, 6.07) is 0. The zero-order valence-corrected chi connectivity index (χ0v) is 4.75. The molecule has 0 atom stereocenters. The molecular formula is C5H5F3O. The first-order valence-electron chi connectivity index (χ1n) is 2.33. The lowest BCUT2D eigenvalue weighted by Gasteiger charge is -1.87. The summed E-state index contributed by atoms with van der Waals surface area (Å²) in [5.41, 5.74) is 0. The fourth-order valence-corrected chi connectivity index (χ4v) is 0.261. The van der Waals surface area contributed by atoms with Gasteiger partial charge in [0.25, 0.3) is 0 Å². The summed E-state index contributed by atoms with van der Waals surface area (Å²) in [6.45, 7) is 1.31. The molecule has 0 aromatic carbocycles. The average Bonchev–Trinajstić information content (AvgIpc) is 1.84. The van der Waals surface area contributed by atoms with E-state index in [1.807, 2.05) is 0 Å². The zero-order valence-electron chi connectivity index (χ0n) is 4.75. The number of ketones is 1. The maximum absolute atomic E-state index is 11.7. The van der Waals surface area contributed by atoms with Crippen LogP contribution in [-0.4, -0.2) is 5.78 Å². The minimum absolute atomic E-state index is 0.233. The van der Waals surface area contributed by atoms with Gasteiger partial charge in [0, 0.05) is 6.42 Å². The van der Waals surface area contributed by atoms with Crippen molar-refractivity contribution < 1.29 is 18.0 Å². The van der Waals surface area contributed by atoms with Crippen molar-refractivity contribution in [2.45, 2.75) is 13.3 Å². The van der Waals surface area contributed by atoms with Crippen LogP contribution in [0.4, 0.5) is 13.2 Å². The molecule has 4 heteroatoms. The quantitative estimate of drug-likeness (QED) is 0.533. The van der Waals surface area contributed by atoms with Gasteiger partial charge in [0.1, 0.15) is 0 Å². The fourth-order valence-electron chi connectivity index (χ4n) is 0.261. The summed E-state index contributed by atoms with van der Waals surface area (Å²) in [5, 5.41) is 0. The molecule has 52 valence electrons. The van der Waals surface area contributed by atoms with Crippen molar-refractivity contribution in [3.05, 3.63) is 11.9 Å². The van der Waals surface area contributed by atoms with Gasteiger partial charge in [-0.3, -0.25) is 4.79 Å². The van der Waals surface area contributed by atoms with E-state index in [-0.39, 0.29) is 6.42 Å². The molecule has 0 heterocycles. The highest BCUT2D eigenvalue weighted by Crippen LogP contribution is 2.10. The van der Waals surface area contributed by atoms with Crippen molar-refractivity contribution in [1.82, 2.24) is 0 Å². The van der Waals surface area contributed by atoms with Gasteiger partial charge in [-0.05, 0) is 0 Å². The fraction of sp³-hybridized carbons (Fsp3) is 0.400. The number of carbonyl (C=O) groups excluding carboxylic acids is 1. The molecule has 0 unspecified atom stereocenters. The minimum atomic E-state index is -2.54. The highest BCUT2D eigenvalue weighted by atomic mass is 19.3. The number of hydrogen-bond donors (Lipinski definition) is 0. The molecule has 0 aliphatic heterocycles. The van der Waals surface area contributed by atoms with Gasteiger partial charge in [-0.15, -0.1) is 0 Å². The Morgan fingerprint density at radius 1 is 1.33 bits per heavy atom. The predicted octanol–water partition coefficient (Wildman–Crippen LogP) is 2.04. The molecule has 0 saturated heterocycles. The third kappa shape index (κ3) is 2.30. The maximum atomic E-state index is 11.7. The summed E-state index contributed by atoms with van der Waals surface area (Å²) in [5.74, 6) is -3.08. The maximum Gasteiger partial charge on any atom is 0.309 e. The van der Waals surface area contributed by atoms with Crippen LogP contribution in [0, 0.1) is 0 Å². The van der Waals surface area contributed by atoms with E-state index >= 15 is 0 Å². The van der Waals surface area contributed by atoms with Crippen LogP contribution >= 0.6 is 0 Å². The monoisotopic (exact) mass is 138 g/mol. The van der Waals surface area contributed by atoms with E-state index in [0.29, 0.717) is 0 Å². The van der Waals surface area contributed by atoms with Gasteiger partial charge in [0.15, 0.2) is 5.78 Å². The lowest BCUT2D eigenvalue weighted by atomic mass is 10.3. The molecule has 0 saturated carbocycles. The third-order valence-electron chi connectivity index (χ3n) is 0.732. The van der Waals surface area contributed by atoms with Gasteiger partial charge >= 0.3 is 6.08 Å². The van der Waals surface area contributed by atoms with Crippen molar-refractivity contribution in [3.8, 4) is 0 Å². The molecule has 0 fully saturated rings. The Morgan fingerprint density at radius 3 is 1.89 bits per heavy atom. The van der Waals surface area contributed by atoms with Gasteiger partial charge in [0.2, 0.25) is 5.83 Å². The highest BCUT2D eigenvalue weighted by Gasteiger charge is 2.12. The SMILES string of the molecule is CCC(=O)C(F)=C(F)F. The smallest absolute Gasteiger partial charge is 0.291 e. The van der Waals surface area contributed by atoms with Crippen molar-refractivity contribution in [3.63, 3.8) is 0 Å². The first kappa shape index (κ1) is 8.20. The molecule has 0 aliphatic rings. The van der Waals surface area contributed by atoms with Crippen LogP contribution in [0.3, 0.4) is 0 Å². The van der Waals surface area contributed by atoms with Gasteiger partial charge in [-0.1, -0.05) is 6.92 Å². The third-order valence-corrected chi connectivity index (χ3v) is 0.732. The first-order valence-corrected chi connectivity index (χ1v) is 2.33. The van der Waals surface area contributed by atoms with E-state index in [1.165, 1.54) is 6.92 Å². The van der Waals surface area contributed by atoms with Gasteiger partial charge in [-0.2, -0.15) is 13.2 Å². The molecule has 0 spiro atoms. The molecule has 0 N–H and O–H groups in total. The van der Waals surface area contributed by atoms with E-state index in [1.54, 1.807) is 0 Å². The van der Waals surface area contributed by atoms with Crippen LogP contribution in [0.25, 0.3) is 0 Å². The Bertz CT molecular complexity index is 146. The molecule has 9 heavy (non-hydrogen) atoms. The van der Waals surface area contributed by atoms with Crippen LogP contribution in [0.1, 0.15) is 13.3 Å². The standard InChI is InChI=1S/C5H5F3O/c1-2-3(9)4(6)5(7)8/h2H2,1H3. The van der Waals surface area contributed by atoms with Crippen molar-refractivity contribution in [2.75, 3.05) is 0 Å². The number of halogens is 3. The van der Waals surface area contributed by atoms with Gasteiger partial charge in [-0.25, -0.2) is 0 Å². The Kier molecular flexibility index (Phi) is 2.98. The summed E-state index contributed by atoms with van der Waals surface area (Å²) >= 11 is 0. The molecule has 0 bridgehead atoms. The first-order chi connectivity index (χ1) is 4.09. The second-order valence-electron chi connectivity index (χ2n) is 1.35. The number of hydrogen-bond acceptors (Lipinski definition) is 1. The lowest BCUT2D eigenvalue weighted by Crippen LogP contribution is -1.95. The molecule has 0 aromatic rings. The van der Waals surface area contributed by atoms with Crippen LogP contribution < -0.4 is 0 Å². The van der Waals surface area contributed by atoms with Crippen LogP contribution in [-0.2, 0) is 4.79 Å². The summed E-state index contributed by atoms with van der Waals surface area (Å²) in [6.07, 6.45) is -2.77. The van der Waals surface area contributed by atoms with Crippen molar-refractivity contribution >= 4 is 5.78 Å². The molecular weight excluding hydrogens is 133 g/mol. The number of allylic oxidation sites excluding steroid dienone is 1. The highest BCUT2D eigenvalue weighted by molar-refractivity contribution is 5.92. The molecule has 0 rings (SSSR count). The average molecular weight is 138 g/mol. The number of carbonyl (C=O) groups is 1. The minimum Gasteiger partial charge on any atom is -0.291 e. The van der Waals surface area contributed by atoms with Crippen LogP contribution in [0.2, 0.25) is 0 Å². The number of rotatable bonds is 2. The van der Waals surface area contributed by atoms with Crippen molar-refractivity contribution in [2.24, 2.45) is 0 Å². The van der Waals surface area contributed by atoms with Gasteiger partial charge in [0.05, 0.1) is 0 Å². The Labute approximate surface area is 50.2 Å². The second kappa shape index (κ2) is 3.27. The summed E-state index contributed by atoms with van der Waals surface area (Å²) in [7, 11) is 0. The molecule has 0 radical (unpaired) electrons. The van der Waals surface area contributed by atoms with E-state index in [9.17, 15) is 18.0 Å². The Morgan fingerprint density at radius 2 is 1.78 bits per heavy atom. The van der Waals surface area contributed by atoms with E-state index in [2.05, 4.69) is 0 Å². The van der Waals surface area contributed by atoms with Crippen molar-refractivity contribution in [1.29, 1.82) is 0 Å². The molecule has 0 aromatic heterocycles. The topological polar surface area (TPSA) is 17.1 Å². The van der Waals surface area contributed by atoms with Crippen LogP contribution in [0.15, 0.2) is 11.9 Å². The van der Waals surface area contributed by atoms with Crippen LogP contribution in [0.5, 0.6) is 0 Å². The molecule has 0 aliphatic carbocycles. The molecule has 0 amide bonds. The summed E-state index contributed by atoms with van der Waals surface area (Å²) < 4.78 is 34.0. The predicted molar refractivity (Wildman–Crippen MR) is 25.6 cm³/mol. The van der Waals surface area contributed by atoms with E-state index in [4.69, 9.17) is 0 Å². The Balaban J connectivity index is 4.21. The second-order valence-corrected chi connectivity index (χ2v) is 1.35. The normalized spacial score (nSPS) is 8.89.